The smallest absolute Gasteiger partial charge is 0.234 e. The van der Waals surface area contributed by atoms with Crippen molar-refractivity contribution in [2.75, 3.05) is 13.1 Å². The summed E-state index contributed by atoms with van der Waals surface area (Å²) >= 11 is 0. The molecule has 0 aliphatic rings. The Morgan fingerprint density at radius 3 is 2.85 bits per heavy atom. The maximum atomic E-state index is 11.2. The van der Waals surface area contributed by atoms with Crippen LogP contribution in [0, 0.1) is 0 Å². The molecule has 3 nitrogen and oxygen atoms in total. The van der Waals surface area contributed by atoms with Gasteiger partial charge in [0.25, 0.3) is 0 Å². The van der Waals surface area contributed by atoms with Gasteiger partial charge in [0.15, 0.2) is 0 Å². The molecule has 0 rings (SSSR count). The molecule has 0 aromatic heterocycles. The lowest BCUT2D eigenvalue weighted by Gasteiger charge is -2.12. The Bertz CT molecular complexity index is 157. The summed E-state index contributed by atoms with van der Waals surface area (Å²) in [6.45, 7) is 8.74. The van der Waals surface area contributed by atoms with E-state index in [4.69, 9.17) is 0 Å². The highest BCUT2D eigenvalue weighted by Crippen LogP contribution is 1.93. The number of hydrogen-bond acceptors (Lipinski definition) is 2. The van der Waals surface area contributed by atoms with Crippen molar-refractivity contribution in [1.82, 2.24) is 10.6 Å². The molecule has 2 N–H and O–H groups in total. The first kappa shape index (κ1) is 12.2. The van der Waals surface area contributed by atoms with E-state index < -0.39 is 0 Å². The van der Waals surface area contributed by atoms with Gasteiger partial charge in [0.2, 0.25) is 5.91 Å². The molecule has 0 saturated heterocycles. The Hall–Kier alpha value is -0.830. The van der Waals surface area contributed by atoms with Crippen molar-refractivity contribution in [1.29, 1.82) is 0 Å². The van der Waals surface area contributed by atoms with Crippen molar-refractivity contribution in [2.24, 2.45) is 0 Å². The van der Waals surface area contributed by atoms with Crippen molar-refractivity contribution >= 4 is 5.91 Å². The average Bonchev–Trinajstić information content (AvgIpc) is 2.05. The Morgan fingerprint density at radius 1 is 1.62 bits per heavy atom. The SMILES string of the molecule is C=CCNCC(=O)NC(C)CCC. The number of carbonyl (C=O) groups is 1. The number of rotatable bonds is 7. The molecule has 0 radical (unpaired) electrons. The maximum absolute atomic E-state index is 11.2. The molecule has 0 aliphatic carbocycles. The van der Waals surface area contributed by atoms with Gasteiger partial charge in [-0.05, 0) is 13.3 Å². The highest BCUT2D eigenvalue weighted by molar-refractivity contribution is 5.78. The molecule has 1 amide bonds. The van der Waals surface area contributed by atoms with Crippen molar-refractivity contribution in [3.05, 3.63) is 12.7 Å². The van der Waals surface area contributed by atoms with E-state index in [1.54, 1.807) is 6.08 Å². The highest BCUT2D eigenvalue weighted by atomic mass is 16.1. The fraction of sp³-hybridized carbons (Fsp3) is 0.700. The Morgan fingerprint density at radius 2 is 2.31 bits per heavy atom. The maximum Gasteiger partial charge on any atom is 0.234 e. The van der Waals surface area contributed by atoms with E-state index in [1.165, 1.54) is 0 Å². The van der Waals surface area contributed by atoms with E-state index in [-0.39, 0.29) is 11.9 Å². The van der Waals surface area contributed by atoms with Crippen LogP contribution in [-0.4, -0.2) is 25.0 Å². The first-order valence-electron chi connectivity index (χ1n) is 4.81. The third kappa shape index (κ3) is 7.53. The van der Waals surface area contributed by atoms with Crippen molar-refractivity contribution in [2.45, 2.75) is 32.7 Å². The zero-order chi connectivity index (χ0) is 10.1. The molecule has 3 heteroatoms. The molecule has 13 heavy (non-hydrogen) atoms. The number of hydrogen-bond donors (Lipinski definition) is 2. The fourth-order valence-electron chi connectivity index (χ4n) is 1.12. The van der Waals surface area contributed by atoms with Crippen LogP contribution in [0.3, 0.4) is 0 Å². The van der Waals surface area contributed by atoms with Gasteiger partial charge in [-0.3, -0.25) is 4.79 Å². The van der Waals surface area contributed by atoms with Crippen LogP contribution in [0.4, 0.5) is 0 Å². The third-order valence-corrected chi connectivity index (χ3v) is 1.70. The standard InChI is InChI=1S/C10H20N2O/c1-4-6-9(3)12-10(13)8-11-7-5-2/h5,9,11H,2,4,6-8H2,1,3H3,(H,12,13). The van der Waals surface area contributed by atoms with Crippen LogP contribution in [0.15, 0.2) is 12.7 Å². The molecule has 1 atom stereocenters. The Kier molecular flexibility index (Phi) is 7.30. The van der Waals surface area contributed by atoms with Gasteiger partial charge >= 0.3 is 0 Å². The minimum absolute atomic E-state index is 0.0581. The van der Waals surface area contributed by atoms with E-state index in [1.807, 2.05) is 6.92 Å². The van der Waals surface area contributed by atoms with Crippen molar-refractivity contribution < 1.29 is 4.79 Å². The molecule has 76 valence electrons. The van der Waals surface area contributed by atoms with Crippen LogP contribution in [-0.2, 0) is 4.79 Å². The van der Waals surface area contributed by atoms with Gasteiger partial charge in [-0.15, -0.1) is 6.58 Å². The lowest BCUT2D eigenvalue weighted by atomic mass is 10.2. The second-order valence-electron chi connectivity index (χ2n) is 3.18. The second-order valence-corrected chi connectivity index (χ2v) is 3.18. The number of amides is 1. The van der Waals surface area contributed by atoms with E-state index in [0.29, 0.717) is 13.1 Å². The first-order valence-corrected chi connectivity index (χ1v) is 4.81. The minimum Gasteiger partial charge on any atom is -0.353 e. The molecule has 0 aromatic rings. The lowest BCUT2D eigenvalue weighted by molar-refractivity contribution is -0.120. The van der Waals surface area contributed by atoms with E-state index >= 15 is 0 Å². The molecule has 0 aliphatic heterocycles. The summed E-state index contributed by atoms with van der Waals surface area (Å²) in [4.78, 5) is 11.2. The molecule has 0 heterocycles. The molecule has 0 spiro atoms. The van der Waals surface area contributed by atoms with Crippen LogP contribution >= 0.6 is 0 Å². The van der Waals surface area contributed by atoms with Crippen molar-refractivity contribution in [3.8, 4) is 0 Å². The molecule has 1 unspecified atom stereocenters. The van der Waals surface area contributed by atoms with E-state index in [0.717, 1.165) is 12.8 Å². The van der Waals surface area contributed by atoms with Crippen molar-refractivity contribution in [3.63, 3.8) is 0 Å². The number of nitrogens with one attached hydrogen (secondary N) is 2. The fourth-order valence-corrected chi connectivity index (χ4v) is 1.12. The quantitative estimate of drug-likeness (QED) is 0.459. The van der Waals surface area contributed by atoms with Crippen LogP contribution < -0.4 is 10.6 Å². The summed E-state index contributed by atoms with van der Waals surface area (Å²) < 4.78 is 0. The van der Waals surface area contributed by atoms with Crippen LogP contribution in [0.1, 0.15) is 26.7 Å². The van der Waals surface area contributed by atoms with Gasteiger partial charge in [-0.25, -0.2) is 0 Å². The largest absolute Gasteiger partial charge is 0.353 e. The molecular weight excluding hydrogens is 164 g/mol. The summed E-state index contributed by atoms with van der Waals surface area (Å²) in [5, 5.41) is 5.86. The molecule has 0 bridgehead atoms. The molecule has 0 aromatic carbocycles. The normalized spacial score (nSPS) is 12.2. The van der Waals surface area contributed by atoms with Gasteiger partial charge in [0.05, 0.1) is 6.54 Å². The summed E-state index contributed by atoms with van der Waals surface area (Å²) in [6.07, 6.45) is 3.87. The Labute approximate surface area is 80.6 Å². The summed E-state index contributed by atoms with van der Waals surface area (Å²) in [6, 6.07) is 0.281. The van der Waals surface area contributed by atoms with Gasteiger partial charge < -0.3 is 10.6 Å². The van der Waals surface area contributed by atoms with Gasteiger partial charge in [0, 0.05) is 12.6 Å². The molecule has 0 saturated carbocycles. The highest BCUT2D eigenvalue weighted by Gasteiger charge is 2.04. The summed E-state index contributed by atoms with van der Waals surface area (Å²) in [7, 11) is 0. The monoisotopic (exact) mass is 184 g/mol. The van der Waals surface area contributed by atoms with Gasteiger partial charge in [0.1, 0.15) is 0 Å². The second kappa shape index (κ2) is 7.80. The first-order chi connectivity index (χ1) is 6.20. The van der Waals surface area contributed by atoms with Gasteiger partial charge in [-0.1, -0.05) is 19.4 Å². The predicted molar refractivity (Wildman–Crippen MR) is 55.6 cm³/mol. The zero-order valence-corrected chi connectivity index (χ0v) is 8.60. The van der Waals surface area contributed by atoms with Crippen LogP contribution in [0.5, 0.6) is 0 Å². The predicted octanol–water partition coefficient (Wildman–Crippen LogP) is 1.07. The topological polar surface area (TPSA) is 41.1 Å². The Balaban J connectivity index is 3.43. The van der Waals surface area contributed by atoms with E-state index in [9.17, 15) is 4.79 Å². The minimum atomic E-state index is 0.0581. The van der Waals surface area contributed by atoms with Crippen LogP contribution in [0.25, 0.3) is 0 Å². The zero-order valence-electron chi connectivity index (χ0n) is 8.60. The molecule has 0 fully saturated rings. The third-order valence-electron chi connectivity index (χ3n) is 1.70. The molecular formula is C10H20N2O. The number of carbonyl (C=O) groups excluding carboxylic acids is 1. The summed E-state index contributed by atoms with van der Waals surface area (Å²) in [5.41, 5.74) is 0. The summed E-state index contributed by atoms with van der Waals surface area (Å²) in [5.74, 6) is 0.0581. The lowest BCUT2D eigenvalue weighted by Crippen LogP contribution is -2.38. The average molecular weight is 184 g/mol. The van der Waals surface area contributed by atoms with Gasteiger partial charge in [-0.2, -0.15) is 0 Å². The van der Waals surface area contributed by atoms with E-state index in [2.05, 4.69) is 24.1 Å². The van der Waals surface area contributed by atoms with Crippen LogP contribution in [0.2, 0.25) is 0 Å².